The normalized spacial score (nSPS) is 8.29. The van der Waals surface area contributed by atoms with Crippen molar-refractivity contribution in [3.05, 3.63) is 25.3 Å². The van der Waals surface area contributed by atoms with Crippen LogP contribution in [0.3, 0.4) is 0 Å². The molecule has 0 aliphatic rings. The first-order valence-electron chi connectivity index (χ1n) is 7.26. The molecule has 0 atom stereocenters. The van der Waals surface area contributed by atoms with Gasteiger partial charge in [-0.2, -0.15) is 0 Å². The van der Waals surface area contributed by atoms with Gasteiger partial charge in [0.2, 0.25) is 0 Å². The Labute approximate surface area is 246 Å². The molecule has 0 aliphatic heterocycles. The zero-order valence-corrected chi connectivity index (χ0v) is 22.1. The summed E-state index contributed by atoms with van der Waals surface area (Å²) in [4.78, 5) is 62.1. The van der Waals surface area contributed by atoms with E-state index in [-0.39, 0.29) is 141 Å². The number of hydrogen-bond donors (Lipinski definition) is 0. The molecule has 0 aliphatic carbocycles. The maximum atomic E-state index is 10.7. The van der Waals surface area contributed by atoms with Crippen molar-refractivity contribution in [2.45, 2.75) is 38.5 Å². The van der Waals surface area contributed by atoms with Gasteiger partial charge in [0, 0.05) is 36.9 Å². The monoisotopic (exact) mass is 448 g/mol. The zero-order valence-electron chi connectivity index (χ0n) is 15.9. The fourth-order valence-corrected chi connectivity index (χ4v) is 1.16. The Hall–Kier alpha value is -0.0273. The van der Waals surface area contributed by atoms with Gasteiger partial charge in [0.1, 0.15) is 0 Å². The number of ether oxygens (including phenoxy) is 2. The number of carboxylic acids is 2. The second-order valence-corrected chi connectivity index (χ2v) is 4.45. The molecule has 0 aromatic rings. The van der Waals surface area contributed by atoms with Crippen LogP contribution < -0.4 is 113 Å². The van der Waals surface area contributed by atoms with Crippen molar-refractivity contribution in [1.82, 2.24) is 0 Å². The van der Waals surface area contributed by atoms with E-state index in [9.17, 15) is 39.0 Å². The average molecular weight is 449 g/mol. The summed E-state index contributed by atoms with van der Waals surface area (Å²) in [5, 5.41) is 19.8. The van der Waals surface area contributed by atoms with Gasteiger partial charge in [-0.3, -0.25) is 9.59 Å². The first-order chi connectivity index (χ1) is 12.1. The quantitative estimate of drug-likeness (QED) is 0.135. The van der Waals surface area contributed by atoms with E-state index in [2.05, 4.69) is 22.6 Å². The molecular formula is C16H18K2O10. The maximum absolute atomic E-state index is 10.7. The fourth-order valence-electron chi connectivity index (χ4n) is 1.16. The summed E-state index contributed by atoms with van der Waals surface area (Å²) >= 11 is 0. The first kappa shape index (κ1) is 35.4. The van der Waals surface area contributed by atoms with E-state index in [0.29, 0.717) is 0 Å². The number of carboxylic acid groups (broad SMARTS) is 2. The third-order valence-electron chi connectivity index (χ3n) is 2.29. The van der Waals surface area contributed by atoms with Crippen LogP contribution in [-0.4, -0.2) is 35.8 Å². The molecule has 0 N–H and O–H groups in total. The molecule has 28 heavy (non-hydrogen) atoms. The van der Waals surface area contributed by atoms with Crippen molar-refractivity contribution < 1.29 is 151 Å². The summed E-state index contributed by atoms with van der Waals surface area (Å²) in [5.41, 5.74) is 0. The Balaban J connectivity index is -0.000000192. The minimum Gasteiger partial charge on any atom is -0.550 e. The molecular weight excluding hydrogens is 430 g/mol. The van der Waals surface area contributed by atoms with Crippen molar-refractivity contribution in [1.29, 1.82) is 0 Å². The number of hydrogen-bond acceptors (Lipinski definition) is 10. The molecule has 0 bridgehead atoms. The molecule has 0 rings (SSSR count). The Morgan fingerprint density at radius 2 is 0.929 bits per heavy atom. The van der Waals surface area contributed by atoms with Gasteiger partial charge in [-0.25, -0.2) is 9.59 Å². The van der Waals surface area contributed by atoms with E-state index in [4.69, 9.17) is 0 Å². The number of aliphatic carboxylic acids is 2. The Morgan fingerprint density at radius 1 is 0.643 bits per heavy atom. The number of esters is 4. The van der Waals surface area contributed by atoms with Crippen LogP contribution in [0.4, 0.5) is 0 Å². The van der Waals surface area contributed by atoms with E-state index >= 15 is 0 Å². The molecule has 12 heteroatoms. The number of rotatable bonds is 10. The molecule has 0 heterocycles. The van der Waals surface area contributed by atoms with Crippen LogP contribution in [0.2, 0.25) is 0 Å². The van der Waals surface area contributed by atoms with Crippen LogP contribution >= 0.6 is 0 Å². The molecule has 0 spiro atoms. The van der Waals surface area contributed by atoms with Gasteiger partial charge in [-0.05, 0) is 25.7 Å². The second-order valence-electron chi connectivity index (χ2n) is 4.45. The van der Waals surface area contributed by atoms with Gasteiger partial charge in [0.05, 0.1) is 0 Å². The van der Waals surface area contributed by atoms with Gasteiger partial charge in [0.15, 0.2) is 0 Å². The Bertz CT molecular complexity index is 522. The van der Waals surface area contributed by atoms with Crippen LogP contribution in [0.1, 0.15) is 38.5 Å². The topological polar surface area (TPSA) is 167 Å². The summed E-state index contributed by atoms with van der Waals surface area (Å²) in [5.74, 6) is -5.65. The van der Waals surface area contributed by atoms with Crippen LogP contribution in [0, 0.1) is 0 Å². The summed E-state index contributed by atoms with van der Waals surface area (Å²) in [6.07, 6.45) is 1.24. The minimum absolute atomic E-state index is 0. The molecule has 0 aromatic carbocycles. The average Bonchev–Trinajstić information content (AvgIpc) is 2.54. The van der Waals surface area contributed by atoms with E-state index in [1.807, 2.05) is 0 Å². The fraction of sp³-hybridized carbons (Fsp3) is 0.375. The molecule has 0 radical (unpaired) electrons. The van der Waals surface area contributed by atoms with E-state index < -0.39 is 35.8 Å². The van der Waals surface area contributed by atoms with Crippen LogP contribution in [0.25, 0.3) is 0 Å². The first-order valence-corrected chi connectivity index (χ1v) is 7.26. The summed E-state index contributed by atoms with van der Waals surface area (Å²) < 4.78 is 8.34. The predicted octanol–water partition coefficient (Wildman–Crippen LogP) is -7.67. The Morgan fingerprint density at radius 3 is 1.14 bits per heavy atom. The number of carbonyl (C=O) groups is 6. The molecule has 0 saturated heterocycles. The van der Waals surface area contributed by atoms with Gasteiger partial charge in [-0.1, -0.05) is 13.2 Å². The SMILES string of the molecule is C=CC(=O)OC(=O)CCCC(=O)[O-].C=CC(=O)OC(=O)CCCC(=O)[O-].[K+].[K+]. The standard InChI is InChI=1S/2C8H10O5.2K/c2*1-2-7(11)13-8(12)5-3-4-6(9)10;;/h2*2H,1,3-5H2,(H,9,10);;/q;;2*+1/p-2. The smallest absolute Gasteiger partial charge is 0.550 e. The third kappa shape index (κ3) is 28.2. The van der Waals surface area contributed by atoms with Crippen molar-refractivity contribution >= 4 is 35.8 Å². The van der Waals surface area contributed by atoms with Crippen LogP contribution in [0.15, 0.2) is 25.3 Å². The van der Waals surface area contributed by atoms with Crippen molar-refractivity contribution in [2.24, 2.45) is 0 Å². The molecule has 0 amide bonds. The van der Waals surface area contributed by atoms with Crippen LogP contribution in [0.5, 0.6) is 0 Å². The largest absolute Gasteiger partial charge is 1.00 e. The van der Waals surface area contributed by atoms with Gasteiger partial charge in [-0.15, -0.1) is 0 Å². The van der Waals surface area contributed by atoms with E-state index in [1.165, 1.54) is 0 Å². The summed E-state index contributed by atoms with van der Waals surface area (Å²) in [7, 11) is 0. The van der Waals surface area contributed by atoms with Gasteiger partial charge in [0.25, 0.3) is 0 Å². The molecule has 0 fully saturated rings. The zero-order chi connectivity index (χ0) is 20.5. The predicted molar refractivity (Wildman–Crippen MR) is 80.3 cm³/mol. The van der Waals surface area contributed by atoms with Crippen molar-refractivity contribution in [3.63, 3.8) is 0 Å². The number of carbonyl (C=O) groups excluding carboxylic acids is 6. The second kappa shape index (κ2) is 23.3. The maximum Gasteiger partial charge on any atom is 1.00 e. The molecule has 144 valence electrons. The summed E-state index contributed by atoms with van der Waals surface area (Å²) in [6.45, 7) is 6.18. The summed E-state index contributed by atoms with van der Waals surface area (Å²) in [6, 6.07) is 0. The van der Waals surface area contributed by atoms with E-state index in [1.54, 1.807) is 0 Å². The third-order valence-corrected chi connectivity index (χ3v) is 2.29. The van der Waals surface area contributed by atoms with Gasteiger partial charge < -0.3 is 29.3 Å². The minimum atomic E-state index is -1.23. The van der Waals surface area contributed by atoms with Crippen molar-refractivity contribution in [2.75, 3.05) is 0 Å². The van der Waals surface area contributed by atoms with Crippen LogP contribution in [-0.2, 0) is 38.2 Å². The molecule has 0 saturated carbocycles. The molecule has 0 aromatic heterocycles. The molecule has 0 unspecified atom stereocenters. The molecule has 10 nitrogen and oxygen atoms in total. The Kier molecular flexibility index (Phi) is 29.4. The van der Waals surface area contributed by atoms with Gasteiger partial charge >= 0.3 is 127 Å². The van der Waals surface area contributed by atoms with E-state index in [0.717, 1.165) is 12.2 Å². The van der Waals surface area contributed by atoms with Crippen molar-refractivity contribution in [3.8, 4) is 0 Å².